The lowest BCUT2D eigenvalue weighted by molar-refractivity contribution is 0.313. The van der Waals surface area contributed by atoms with Gasteiger partial charge in [-0.25, -0.2) is 4.98 Å². The summed E-state index contributed by atoms with van der Waals surface area (Å²) in [6.07, 6.45) is 6.95. The molecule has 0 spiro atoms. The van der Waals surface area contributed by atoms with Gasteiger partial charge in [0, 0.05) is 38.3 Å². The van der Waals surface area contributed by atoms with Crippen LogP contribution in [0.5, 0.6) is 0 Å². The van der Waals surface area contributed by atoms with Gasteiger partial charge in [0.1, 0.15) is 17.7 Å². The minimum absolute atomic E-state index is 0.820. The Morgan fingerprint density at radius 1 is 1.17 bits per heavy atom. The minimum atomic E-state index is 0.820. The van der Waals surface area contributed by atoms with Gasteiger partial charge in [0.05, 0.1) is 5.56 Å². The first-order valence-corrected chi connectivity index (χ1v) is 9.37. The van der Waals surface area contributed by atoms with Crippen LogP contribution in [0, 0.1) is 11.3 Å². The Balaban J connectivity index is 2.01. The average Bonchev–Trinajstić information content (AvgIpc) is 2.62. The number of fused-ring (bicyclic) bond motifs is 1. The fourth-order valence-electron chi connectivity index (χ4n) is 3.74. The van der Waals surface area contributed by atoms with Crippen LogP contribution in [-0.4, -0.2) is 43.1 Å². The van der Waals surface area contributed by atoms with Crippen molar-refractivity contribution in [1.29, 1.82) is 5.26 Å². The zero-order valence-corrected chi connectivity index (χ0v) is 15.1. The van der Waals surface area contributed by atoms with E-state index in [4.69, 9.17) is 4.98 Å². The lowest BCUT2D eigenvalue weighted by Gasteiger charge is -2.33. The topological polar surface area (TPSA) is 55.2 Å². The molecule has 1 fully saturated rings. The van der Waals surface area contributed by atoms with E-state index in [-0.39, 0.29) is 0 Å². The summed E-state index contributed by atoms with van der Waals surface area (Å²) in [4.78, 5) is 9.59. The molecule has 3 rings (SSSR count). The van der Waals surface area contributed by atoms with Crippen molar-refractivity contribution in [3.8, 4) is 6.07 Å². The van der Waals surface area contributed by atoms with Crippen LogP contribution in [-0.2, 0) is 13.0 Å². The van der Waals surface area contributed by atoms with Crippen molar-refractivity contribution in [2.75, 3.05) is 43.4 Å². The Hall–Kier alpha value is -1.80. The SMILES string of the molecule is CCCCNc1nc(N2CCCCC2)c(C#N)c2c1CN(C)CC2. The van der Waals surface area contributed by atoms with E-state index in [9.17, 15) is 5.26 Å². The summed E-state index contributed by atoms with van der Waals surface area (Å²) in [5.74, 6) is 1.92. The summed E-state index contributed by atoms with van der Waals surface area (Å²) in [6, 6.07) is 2.48. The van der Waals surface area contributed by atoms with E-state index >= 15 is 0 Å². The maximum atomic E-state index is 9.83. The number of pyridine rings is 1. The predicted molar refractivity (Wildman–Crippen MR) is 98.5 cm³/mol. The third-order valence-corrected chi connectivity index (χ3v) is 5.15. The van der Waals surface area contributed by atoms with Gasteiger partial charge in [0.2, 0.25) is 0 Å². The standard InChI is InChI=1S/C19H29N5/c1-3-4-9-21-18-17-14-23(2)12-8-15(17)16(13-20)19(22-18)24-10-6-5-7-11-24/h3-12,14H2,1-2H3,(H,21,22). The number of piperidine rings is 1. The first kappa shape index (κ1) is 17.0. The Bertz CT molecular complexity index is 613. The van der Waals surface area contributed by atoms with E-state index in [2.05, 4.69) is 35.2 Å². The maximum absolute atomic E-state index is 9.83. The molecule has 0 atom stereocenters. The number of nitriles is 1. The first-order chi connectivity index (χ1) is 11.7. The summed E-state index contributed by atoms with van der Waals surface area (Å²) < 4.78 is 0. The second-order valence-electron chi connectivity index (χ2n) is 7.04. The molecule has 1 saturated heterocycles. The Labute approximate surface area is 145 Å². The Kier molecular flexibility index (Phi) is 5.57. The van der Waals surface area contributed by atoms with Gasteiger partial charge in [0.25, 0.3) is 0 Å². The number of nitrogens with one attached hydrogen (secondary N) is 1. The highest BCUT2D eigenvalue weighted by atomic mass is 15.2. The summed E-state index contributed by atoms with van der Waals surface area (Å²) in [5, 5.41) is 13.4. The van der Waals surface area contributed by atoms with E-state index < -0.39 is 0 Å². The molecular weight excluding hydrogens is 298 g/mol. The van der Waals surface area contributed by atoms with E-state index in [1.165, 1.54) is 36.8 Å². The quantitative estimate of drug-likeness (QED) is 0.842. The number of nitrogens with zero attached hydrogens (tertiary/aromatic N) is 4. The average molecular weight is 327 g/mol. The van der Waals surface area contributed by atoms with Crippen LogP contribution in [0.3, 0.4) is 0 Å². The van der Waals surface area contributed by atoms with Crippen molar-refractivity contribution in [3.63, 3.8) is 0 Å². The molecule has 2 aliphatic rings. The van der Waals surface area contributed by atoms with Crippen LogP contribution >= 0.6 is 0 Å². The van der Waals surface area contributed by atoms with Gasteiger partial charge in [-0.05, 0) is 44.7 Å². The molecule has 0 aromatic carbocycles. The minimum Gasteiger partial charge on any atom is -0.370 e. The summed E-state index contributed by atoms with van der Waals surface area (Å²) in [5.41, 5.74) is 3.28. The molecule has 0 bridgehead atoms. The van der Waals surface area contributed by atoms with Gasteiger partial charge in [-0.2, -0.15) is 5.26 Å². The molecule has 0 saturated carbocycles. The molecule has 5 nitrogen and oxygen atoms in total. The first-order valence-electron chi connectivity index (χ1n) is 9.37. The van der Waals surface area contributed by atoms with Gasteiger partial charge in [-0.3, -0.25) is 0 Å². The molecule has 1 aromatic heterocycles. The fraction of sp³-hybridized carbons (Fsp3) is 0.684. The van der Waals surface area contributed by atoms with Crippen molar-refractivity contribution in [2.45, 2.75) is 52.0 Å². The monoisotopic (exact) mass is 327 g/mol. The molecule has 0 radical (unpaired) electrons. The molecule has 5 heteroatoms. The Morgan fingerprint density at radius 2 is 1.96 bits per heavy atom. The van der Waals surface area contributed by atoms with Crippen LogP contribution in [0.4, 0.5) is 11.6 Å². The van der Waals surface area contributed by atoms with Gasteiger partial charge in [0.15, 0.2) is 0 Å². The zero-order valence-electron chi connectivity index (χ0n) is 15.1. The van der Waals surface area contributed by atoms with Crippen molar-refractivity contribution < 1.29 is 0 Å². The number of rotatable bonds is 5. The number of unbranched alkanes of at least 4 members (excludes halogenated alkanes) is 1. The third-order valence-electron chi connectivity index (χ3n) is 5.15. The zero-order chi connectivity index (χ0) is 16.9. The molecule has 0 unspecified atom stereocenters. The molecule has 0 amide bonds. The molecule has 1 N–H and O–H groups in total. The van der Waals surface area contributed by atoms with Gasteiger partial charge in [-0.1, -0.05) is 13.3 Å². The Morgan fingerprint density at radius 3 is 2.67 bits per heavy atom. The molecule has 0 aliphatic carbocycles. The van der Waals surface area contributed by atoms with Crippen LogP contribution in [0.15, 0.2) is 0 Å². The lowest BCUT2D eigenvalue weighted by atomic mass is 9.95. The van der Waals surface area contributed by atoms with Crippen molar-refractivity contribution >= 4 is 11.6 Å². The number of hydrogen-bond acceptors (Lipinski definition) is 5. The molecular formula is C19H29N5. The summed E-state index contributed by atoms with van der Waals surface area (Å²) in [6.45, 7) is 7.09. The largest absolute Gasteiger partial charge is 0.370 e. The predicted octanol–water partition coefficient (Wildman–Crippen LogP) is 3.14. The second-order valence-corrected chi connectivity index (χ2v) is 7.04. The van der Waals surface area contributed by atoms with Crippen molar-refractivity contribution in [3.05, 3.63) is 16.7 Å². The molecule has 3 heterocycles. The summed E-state index contributed by atoms with van der Waals surface area (Å²) >= 11 is 0. The maximum Gasteiger partial charge on any atom is 0.149 e. The molecule has 2 aliphatic heterocycles. The van der Waals surface area contributed by atoms with Crippen LogP contribution in [0.2, 0.25) is 0 Å². The van der Waals surface area contributed by atoms with Crippen LogP contribution in [0.25, 0.3) is 0 Å². The van der Waals surface area contributed by atoms with Gasteiger partial charge < -0.3 is 15.1 Å². The van der Waals surface area contributed by atoms with Crippen LogP contribution in [0.1, 0.15) is 55.7 Å². The normalized spacial score (nSPS) is 18.1. The number of likely N-dealkylation sites (N-methyl/N-ethyl adjacent to an activating group) is 1. The smallest absolute Gasteiger partial charge is 0.149 e. The highest BCUT2D eigenvalue weighted by molar-refractivity contribution is 5.67. The molecule has 130 valence electrons. The number of aromatic nitrogens is 1. The van der Waals surface area contributed by atoms with E-state index in [1.54, 1.807) is 0 Å². The fourth-order valence-corrected chi connectivity index (χ4v) is 3.74. The van der Waals surface area contributed by atoms with E-state index in [0.29, 0.717) is 0 Å². The number of anilines is 2. The highest BCUT2D eigenvalue weighted by Crippen LogP contribution is 2.34. The number of hydrogen-bond donors (Lipinski definition) is 1. The van der Waals surface area contributed by atoms with Gasteiger partial charge in [-0.15, -0.1) is 0 Å². The van der Waals surface area contributed by atoms with Crippen molar-refractivity contribution in [1.82, 2.24) is 9.88 Å². The second kappa shape index (κ2) is 7.85. The highest BCUT2D eigenvalue weighted by Gasteiger charge is 2.26. The van der Waals surface area contributed by atoms with Crippen molar-refractivity contribution in [2.24, 2.45) is 0 Å². The summed E-state index contributed by atoms with van der Waals surface area (Å²) in [7, 11) is 2.14. The van der Waals surface area contributed by atoms with E-state index in [0.717, 1.165) is 62.8 Å². The van der Waals surface area contributed by atoms with Gasteiger partial charge >= 0.3 is 0 Å². The molecule has 1 aromatic rings. The van der Waals surface area contributed by atoms with E-state index in [1.807, 2.05) is 0 Å². The van der Waals surface area contributed by atoms with Crippen LogP contribution < -0.4 is 10.2 Å². The molecule has 24 heavy (non-hydrogen) atoms. The lowest BCUT2D eigenvalue weighted by Crippen LogP contribution is -2.34. The third kappa shape index (κ3) is 3.49.